The number of amides is 1. The molecule has 1 aliphatic carbocycles. The van der Waals surface area contributed by atoms with E-state index in [1.54, 1.807) is 0 Å². The summed E-state index contributed by atoms with van der Waals surface area (Å²) >= 11 is 0. The van der Waals surface area contributed by atoms with Gasteiger partial charge < -0.3 is 15.4 Å². The maximum atomic E-state index is 12.0. The third-order valence-electron chi connectivity index (χ3n) is 4.15. The molecule has 0 aromatic heterocycles. The van der Waals surface area contributed by atoms with Gasteiger partial charge >= 0.3 is 0 Å². The zero-order chi connectivity index (χ0) is 13.8. The van der Waals surface area contributed by atoms with Crippen LogP contribution in [0.5, 0.6) is 5.75 Å². The number of hydrogen-bond acceptors (Lipinski definition) is 3. The molecule has 3 rings (SSSR count). The lowest BCUT2D eigenvalue weighted by molar-refractivity contribution is -0.122. The summed E-state index contributed by atoms with van der Waals surface area (Å²) in [4.78, 5) is 12.0. The smallest absolute Gasteiger partial charge is 0.237 e. The van der Waals surface area contributed by atoms with Gasteiger partial charge in [-0.3, -0.25) is 4.79 Å². The van der Waals surface area contributed by atoms with Gasteiger partial charge in [0, 0.05) is 12.1 Å². The van der Waals surface area contributed by atoms with Crippen molar-refractivity contribution in [3.8, 4) is 5.75 Å². The summed E-state index contributed by atoms with van der Waals surface area (Å²) in [7, 11) is 0. The molecule has 1 saturated carbocycles. The van der Waals surface area contributed by atoms with Gasteiger partial charge in [0.1, 0.15) is 5.75 Å². The standard InChI is InChI=1S/C16H22N2O2.ClH/c19-16(14-8-4-10-17-14)18-11-12-5-1-2-9-15(12)20-13-6-3-7-13;/h1-2,5,9,13-14,17H,3-4,6-8,10-11H2,(H,18,19);1H. The number of para-hydroxylation sites is 1. The predicted molar refractivity (Wildman–Crippen MR) is 84.8 cm³/mol. The Morgan fingerprint density at radius 2 is 2.05 bits per heavy atom. The predicted octanol–water partition coefficient (Wildman–Crippen LogP) is 2.41. The van der Waals surface area contributed by atoms with E-state index in [0.29, 0.717) is 12.6 Å². The average Bonchev–Trinajstić information content (AvgIpc) is 2.95. The van der Waals surface area contributed by atoms with Crippen molar-refractivity contribution in [2.75, 3.05) is 6.54 Å². The molecule has 1 saturated heterocycles. The van der Waals surface area contributed by atoms with Gasteiger partial charge in [-0.25, -0.2) is 0 Å². The SMILES string of the molecule is Cl.O=C(NCc1ccccc1OC1CCC1)C1CCCN1. The van der Waals surface area contributed by atoms with Crippen LogP contribution in [0.2, 0.25) is 0 Å². The van der Waals surface area contributed by atoms with Gasteiger partial charge in [0.25, 0.3) is 0 Å². The minimum absolute atomic E-state index is 0. The summed E-state index contributed by atoms with van der Waals surface area (Å²) in [5, 5.41) is 6.22. The number of rotatable bonds is 5. The third kappa shape index (κ3) is 4.11. The zero-order valence-electron chi connectivity index (χ0n) is 12.1. The monoisotopic (exact) mass is 310 g/mol. The Kier molecular flexibility index (Phi) is 5.88. The normalized spacial score (nSPS) is 21.2. The molecule has 116 valence electrons. The van der Waals surface area contributed by atoms with Crippen LogP contribution in [0, 0.1) is 0 Å². The molecule has 2 aliphatic rings. The highest BCUT2D eigenvalue weighted by molar-refractivity contribution is 5.85. The van der Waals surface area contributed by atoms with Crippen molar-refractivity contribution in [1.29, 1.82) is 0 Å². The molecule has 0 bridgehead atoms. The Bertz CT molecular complexity index is 471. The van der Waals surface area contributed by atoms with E-state index in [9.17, 15) is 4.79 Å². The van der Waals surface area contributed by atoms with Gasteiger partial charge in [0.15, 0.2) is 0 Å². The molecular weight excluding hydrogens is 288 g/mol. The Labute approximate surface area is 132 Å². The van der Waals surface area contributed by atoms with Crippen LogP contribution in [0.25, 0.3) is 0 Å². The Hall–Kier alpha value is -1.26. The molecule has 1 unspecified atom stereocenters. The van der Waals surface area contributed by atoms with E-state index >= 15 is 0 Å². The minimum Gasteiger partial charge on any atom is -0.490 e. The molecule has 1 aromatic rings. The topological polar surface area (TPSA) is 50.4 Å². The van der Waals surface area contributed by atoms with Gasteiger partial charge in [-0.1, -0.05) is 18.2 Å². The van der Waals surface area contributed by atoms with E-state index in [1.165, 1.54) is 6.42 Å². The lowest BCUT2D eigenvalue weighted by atomic mass is 9.96. The molecule has 1 aromatic carbocycles. The zero-order valence-corrected chi connectivity index (χ0v) is 13.0. The lowest BCUT2D eigenvalue weighted by Gasteiger charge is -2.27. The van der Waals surface area contributed by atoms with Crippen LogP contribution in [0.3, 0.4) is 0 Å². The van der Waals surface area contributed by atoms with Crippen molar-refractivity contribution >= 4 is 18.3 Å². The lowest BCUT2D eigenvalue weighted by Crippen LogP contribution is -2.40. The quantitative estimate of drug-likeness (QED) is 0.878. The Morgan fingerprint density at radius 3 is 2.71 bits per heavy atom. The average molecular weight is 311 g/mol. The number of carbonyl (C=O) groups is 1. The molecule has 0 spiro atoms. The molecule has 1 aliphatic heterocycles. The molecule has 1 atom stereocenters. The highest BCUT2D eigenvalue weighted by Crippen LogP contribution is 2.27. The summed E-state index contributed by atoms with van der Waals surface area (Å²) in [6.07, 6.45) is 5.94. The fourth-order valence-electron chi connectivity index (χ4n) is 2.65. The molecular formula is C16H23ClN2O2. The number of carbonyl (C=O) groups excluding carboxylic acids is 1. The number of benzene rings is 1. The fraction of sp³-hybridized carbons (Fsp3) is 0.562. The second kappa shape index (κ2) is 7.66. The van der Waals surface area contributed by atoms with Crippen LogP contribution in [0.4, 0.5) is 0 Å². The molecule has 21 heavy (non-hydrogen) atoms. The van der Waals surface area contributed by atoms with Crippen LogP contribution in [0.1, 0.15) is 37.7 Å². The van der Waals surface area contributed by atoms with E-state index in [-0.39, 0.29) is 24.4 Å². The second-order valence-electron chi connectivity index (χ2n) is 5.65. The van der Waals surface area contributed by atoms with Crippen LogP contribution < -0.4 is 15.4 Å². The van der Waals surface area contributed by atoms with E-state index in [0.717, 1.165) is 43.5 Å². The first-order valence-electron chi connectivity index (χ1n) is 7.58. The van der Waals surface area contributed by atoms with E-state index in [4.69, 9.17) is 4.74 Å². The van der Waals surface area contributed by atoms with Crippen molar-refractivity contribution < 1.29 is 9.53 Å². The van der Waals surface area contributed by atoms with Crippen molar-refractivity contribution in [2.24, 2.45) is 0 Å². The minimum atomic E-state index is -0.0188. The maximum absolute atomic E-state index is 12.0. The number of ether oxygens (including phenoxy) is 1. The Balaban J connectivity index is 0.00000161. The van der Waals surface area contributed by atoms with E-state index in [2.05, 4.69) is 10.6 Å². The molecule has 5 heteroatoms. The highest BCUT2D eigenvalue weighted by atomic mass is 35.5. The molecule has 4 nitrogen and oxygen atoms in total. The third-order valence-corrected chi connectivity index (χ3v) is 4.15. The van der Waals surface area contributed by atoms with Gasteiger partial charge in [0.2, 0.25) is 5.91 Å². The Morgan fingerprint density at radius 1 is 1.24 bits per heavy atom. The first-order valence-corrected chi connectivity index (χ1v) is 7.58. The number of nitrogens with one attached hydrogen (secondary N) is 2. The van der Waals surface area contributed by atoms with E-state index < -0.39 is 0 Å². The van der Waals surface area contributed by atoms with Crippen LogP contribution >= 0.6 is 12.4 Å². The van der Waals surface area contributed by atoms with Crippen molar-refractivity contribution in [3.05, 3.63) is 29.8 Å². The number of hydrogen-bond donors (Lipinski definition) is 2. The van der Waals surface area contributed by atoms with Gasteiger partial charge in [-0.15, -0.1) is 12.4 Å². The second-order valence-corrected chi connectivity index (χ2v) is 5.65. The first kappa shape index (κ1) is 16.1. The van der Waals surface area contributed by atoms with E-state index in [1.807, 2.05) is 24.3 Å². The van der Waals surface area contributed by atoms with Crippen molar-refractivity contribution in [2.45, 2.75) is 50.8 Å². The van der Waals surface area contributed by atoms with Crippen LogP contribution in [-0.2, 0) is 11.3 Å². The van der Waals surface area contributed by atoms with Crippen LogP contribution in [0.15, 0.2) is 24.3 Å². The summed E-state index contributed by atoms with van der Waals surface area (Å²) in [5.74, 6) is 1.01. The molecule has 2 N–H and O–H groups in total. The maximum Gasteiger partial charge on any atom is 0.237 e. The summed E-state index contributed by atoms with van der Waals surface area (Å²) in [6, 6.07) is 7.97. The van der Waals surface area contributed by atoms with Gasteiger partial charge in [-0.05, 0) is 44.7 Å². The molecule has 0 radical (unpaired) electrons. The summed E-state index contributed by atoms with van der Waals surface area (Å²) in [6.45, 7) is 1.49. The summed E-state index contributed by atoms with van der Waals surface area (Å²) < 4.78 is 5.97. The van der Waals surface area contributed by atoms with Gasteiger partial charge in [-0.2, -0.15) is 0 Å². The first-order chi connectivity index (χ1) is 9.83. The van der Waals surface area contributed by atoms with Gasteiger partial charge in [0.05, 0.1) is 12.1 Å². The number of halogens is 1. The largest absolute Gasteiger partial charge is 0.490 e. The van der Waals surface area contributed by atoms with Crippen molar-refractivity contribution in [3.63, 3.8) is 0 Å². The highest BCUT2D eigenvalue weighted by Gasteiger charge is 2.23. The molecule has 1 heterocycles. The van der Waals surface area contributed by atoms with Crippen LogP contribution in [-0.4, -0.2) is 24.6 Å². The fourth-order valence-corrected chi connectivity index (χ4v) is 2.65. The molecule has 2 fully saturated rings. The summed E-state index contributed by atoms with van der Waals surface area (Å²) in [5.41, 5.74) is 1.06. The molecule has 1 amide bonds. The van der Waals surface area contributed by atoms with Crippen molar-refractivity contribution in [1.82, 2.24) is 10.6 Å².